The number of ether oxygens (including phenoxy) is 1. The number of rotatable bonds is 7. The molecule has 7 heteroatoms. The van der Waals surface area contributed by atoms with Crippen LogP contribution in [0, 0.1) is 17.8 Å². The van der Waals surface area contributed by atoms with E-state index >= 15 is 0 Å². The Hall–Kier alpha value is -3.71. The number of aromatic nitrogens is 3. The third-order valence-corrected chi connectivity index (χ3v) is 8.59. The largest absolute Gasteiger partial charge is 0.381 e. The number of aromatic amines is 1. The van der Waals surface area contributed by atoms with Gasteiger partial charge in [0.05, 0.1) is 36.2 Å². The molecule has 7 nitrogen and oxygen atoms in total. The number of H-pyrrole nitrogens is 1. The summed E-state index contributed by atoms with van der Waals surface area (Å²) in [6.07, 6.45) is 6.52. The molecule has 2 aliphatic heterocycles. The second-order valence-corrected chi connectivity index (χ2v) is 11.0. The van der Waals surface area contributed by atoms with Crippen LogP contribution in [0.15, 0.2) is 66.9 Å². The van der Waals surface area contributed by atoms with E-state index in [9.17, 15) is 4.79 Å². The van der Waals surface area contributed by atoms with E-state index in [1.165, 1.54) is 18.5 Å². The summed E-state index contributed by atoms with van der Waals surface area (Å²) in [6.45, 7) is 4.10. The topological polar surface area (TPSA) is 83.1 Å². The number of benzene rings is 2. The average molecular weight is 508 g/mol. The van der Waals surface area contributed by atoms with Gasteiger partial charge in [0.15, 0.2) is 0 Å². The van der Waals surface area contributed by atoms with E-state index in [1.54, 1.807) is 6.20 Å². The number of pyridine rings is 1. The van der Waals surface area contributed by atoms with Crippen LogP contribution in [0.25, 0.3) is 22.2 Å². The van der Waals surface area contributed by atoms with Gasteiger partial charge in [0.1, 0.15) is 0 Å². The minimum Gasteiger partial charge on any atom is -0.381 e. The van der Waals surface area contributed by atoms with Crippen molar-refractivity contribution in [2.24, 2.45) is 17.8 Å². The first-order valence-corrected chi connectivity index (χ1v) is 13.9. The molecule has 7 rings (SSSR count). The number of hydrogen-bond acceptors (Lipinski definition) is 5. The molecule has 3 fully saturated rings. The number of hydrogen-bond donors (Lipinski definition) is 2. The fraction of sp³-hybridized carbons (Fsp3) is 0.387. The van der Waals surface area contributed by atoms with Crippen LogP contribution in [-0.2, 0) is 4.74 Å². The van der Waals surface area contributed by atoms with Crippen LogP contribution in [0.1, 0.15) is 47.8 Å². The number of carbonyl (C=O) groups is 1. The first-order chi connectivity index (χ1) is 18.7. The van der Waals surface area contributed by atoms with Crippen molar-refractivity contribution >= 4 is 22.5 Å². The van der Waals surface area contributed by atoms with E-state index in [4.69, 9.17) is 4.74 Å². The summed E-state index contributed by atoms with van der Waals surface area (Å²) in [5, 5.41) is 11.9. The van der Waals surface area contributed by atoms with Crippen molar-refractivity contribution in [3.8, 4) is 11.3 Å². The molecule has 0 bridgehead atoms. The zero-order valence-electron chi connectivity index (χ0n) is 21.5. The molecule has 4 heterocycles. The molecule has 2 aromatic heterocycles. The Kier molecular flexibility index (Phi) is 6.08. The van der Waals surface area contributed by atoms with Gasteiger partial charge in [0, 0.05) is 47.4 Å². The summed E-state index contributed by atoms with van der Waals surface area (Å²) in [6, 6.07) is 20.3. The normalized spacial score (nSPS) is 19.3. The Morgan fingerprint density at radius 2 is 1.79 bits per heavy atom. The Morgan fingerprint density at radius 3 is 2.47 bits per heavy atom. The number of nitrogens with zero attached hydrogens (tertiary/aromatic N) is 3. The Labute approximate surface area is 222 Å². The number of nitrogens with one attached hydrogen (secondary N) is 2. The van der Waals surface area contributed by atoms with E-state index < -0.39 is 0 Å². The zero-order chi connectivity index (χ0) is 25.5. The Bertz CT molecular complexity index is 1420. The third-order valence-electron chi connectivity index (χ3n) is 8.59. The fourth-order valence-electron chi connectivity index (χ4n) is 6.01. The summed E-state index contributed by atoms with van der Waals surface area (Å²) in [5.41, 5.74) is 5.66. The summed E-state index contributed by atoms with van der Waals surface area (Å²) in [7, 11) is 0. The van der Waals surface area contributed by atoms with Gasteiger partial charge in [-0.25, -0.2) is 0 Å². The van der Waals surface area contributed by atoms with Crippen LogP contribution >= 0.6 is 0 Å². The standard InChI is InChI=1S/C31H33N5O2/c37-31(33-30(22-4-5-22)28-3-1-2-14-32-28)23-8-11-27-26(17-23)29(35-34-27)21-6-9-25(10-7-21)36-15-12-20(13-16-36)24-18-38-19-24/h1-3,6-11,14,17,20,22,24,30H,4-5,12-13,15-16,18-19H2,(H,33,37)(H,34,35)/t30-/m0/s1. The van der Waals surface area contributed by atoms with Crippen LogP contribution in [0.4, 0.5) is 5.69 Å². The number of amides is 1. The van der Waals surface area contributed by atoms with Crippen molar-refractivity contribution < 1.29 is 9.53 Å². The summed E-state index contributed by atoms with van der Waals surface area (Å²) in [4.78, 5) is 20.3. The molecule has 1 aliphatic carbocycles. The van der Waals surface area contributed by atoms with E-state index in [1.807, 2.05) is 36.4 Å². The third kappa shape index (κ3) is 4.56. The lowest BCUT2D eigenvalue weighted by Gasteiger charge is -2.40. The van der Waals surface area contributed by atoms with Crippen molar-refractivity contribution in [3.63, 3.8) is 0 Å². The fourth-order valence-corrected chi connectivity index (χ4v) is 6.01. The van der Waals surface area contributed by atoms with E-state index in [0.717, 1.165) is 78.8 Å². The summed E-state index contributed by atoms with van der Waals surface area (Å²) < 4.78 is 5.40. The predicted molar refractivity (Wildman–Crippen MR) is 148 cm³/mol. The summed E-state index contributed by atoms with van der Waals surface area (Å²) in [5.74, 6) is 1.96. The van der Waals surface area contributed by atoms with Gasteiger partial charge in [-0.2, -0.15) is 5.10 Å². The molecule has 2 aromatic carbocycles. The molecule has 0 radical (unpaired) electrons. The van der Waals surface area contributed by atoms with E-state index in [-0.39, 0.29) is 11.9 Å². The highest BCUT2D eigenvalue weighted by Gasteiger charge is 2.34. The maximum Gasteiger partial charge on any atom is 0.251 e. The first kappa shape index (κ1) is 23.4. The lowest BCUT2D eigenvalue weighted by molar-refractivity contribution is -0.0650. The molecule has 2 saturated heterocycles. The van der Waals surface area contributed by atoms with Crippen molar-refractivity contribution in [2.75, 3.05) is 31.2 Å². The first-order valence-electron chi connectivity index (χ1n) is 13.9. The SMILES string of the molecule is O=C(N[C@H](c1ccccn1)C1CC1)c1ccc2[nH]nc(-c3ccc(N4CCC(C5COC5)CC4)cc3)c2c1. The minimum absolute atomic E-state index is 0.0529. The molecule has 2 N–H and O–H groups in total. The van der Waals surface area contributed by atoms with Crippen molar-refractivity contribution in [3.05, 3.63) is 78.1 Å². The van der Waals surface area contributed by atoms with Gasteiger partial charge in [-0.1, -0.05) is 18.2 Å². The predicted octanol–water partition coefficient (Wildman–Crippen LogP) is 5.37. The maximum absolute atomic E-state index is 13.3. The van der Waals surface area contributed by atoms with Gasteiger partial charge in [-0.05, 0) is 80.0 Å². The van der Waals surface area contributed by atoms with Gasteiger partial charge < -0.3 is 15.0 Å². The van der Waals surface area contributed by atoms with Gasteiger partial charge in [0.25, 0.3) is 5.91 Å². The van der Waals surface area contributed by atoms with Gasteiger partial charge in [0.2, 0.25) is 0 Å². The number of fused-ring (bicyclic) bond motifs is 1. The maximum atomic E-state index is 13.3. The minimum atomic E-state index is -0.0752. The van der Waals surface area contributed by atoms with Crippen molar-refractivity contribution in [1.82, 2.24) is 20.5 Å². The van der Waals surface area contributed by atoms with Gasteiger partial charge in [-0.15, -0.1) is 0 Å². The van der Waals surface area contributed by atoms with Crippen LogP contribution in [0.3, 0.4) is 0 Å². The smallest absolute Gasteiger partial charge is 0.251 e. The highest BCUT2D eigenvalue weighted by molar-refractivity contribution is 6.01. The summed E-state index contributed by atoms with van der Waals surface area (Å²) >= 11 is 0. The molecule has 1 atom stereocenters. The highest BCUT2D eigenvalue weighted by atomic mass is 16.5. The molecule has 0 spiro atoms. The van der Waals surface area contributed by atoms with Crippen LogP contribution in [0.5, 0.6) is 0 Å². The number of anilines is 1. The van der Waals surface area contributed by atoms with E-state index in [2.05, 4.69) is 49.7 Å². The molecule has 0 unspecified atom stereocenters. The van der Waals surface area contributed by atoms with Crippen LogP contribution < -0.4 is 10.2 Å². The van der Waals surface area contributed by atoms with Crippen molar-refractivity contribution in [1.29, 1.82) is 0 Å². The molecule has 194 valence electrons. The molecular weight excluding hydrogens is 474 g/mol. The molecule has 3 aliphatic rings. The average Bonchev–Trinajstić information content (AvgIpc) is 3.70. The van der Waals surface area contributed by atoms with Gasteiger partial charge >= 0.3 is 0 Å². The van der Waals surface area contributed by atoms with Gasteiger partial charge in [-0.3, -0.25) is 14.9 Å². The van der Waals surface area contributed by atoms with Crippen LogP contribution in [0.2, 0.25) is 0 Å². The zero-order valence-corrected chi connectivity index (χ0v) is 21.5. The molecule has 38 heavy (non-hydrogen) atoms. The molecule has 1 saturated carbocycles. The van der Waals surface area contributed by atoms with Crippen molar-refractivity contribution in [2.45, 2.75) is 31.7 Å². The monoisotopic (exact) mass is 507 g/mol. The Morgan fingerprint density at radius 1 is 0.974 bits per heavy atom. The second-order valence-electron chi connectivity index (χ2n) is 11.0. The van der Waals surface area contributed by atoms with Crippen LogP contribution in [-0.4, -0.2) is 47.4 Å². The lowest BCUT2D eigenvalue weighted by Crippen LogP contribution is -2.42. The van der Waals surface area contributed by atoms with E-state index in [0.29, 0.717) is 11.5 Å². The number of piperidine rings is 1. The lowest BCUT2D eigenvalue weighted by atomic mass is 9.83. The quantitative estimate of drug-likeness (QED) is 0.351. The molecule has 1 amide bonds. The second kappa shape index (κ2) is 9.87. The molecular formula is C31H33N5O2. The highest BCUT2D eigenvalue weighted by Crippen LogP contribution is 2.40. The molecule has 4 aromatic rings. The number of carbonyl (C=O) groups excluding carboxylic acids is 1. The Balaban J connectivity index is 1.08.